The van der Waals surface area contributed by atoms with Crippen LogP contribution < -0.4 is 16.4 Å². The van der Waals surface area contributed by atoms with Crippen molar-refractivity contribution < 1.29 is 93.5 Å². The smallest absolute Gasteiger partial charge is 0.481 e. The molecule has 1 saturated heterocycles. The van der Waals surface area contributed by atoms with E-state index in [0.717, 1.165) is 37.7 Å². The number of halogens is 9. The topological polar surface area (TPSA) is 254 Å². The average Bonchev–Trinajstić information content (AvgIpc) is 3.96. The highest BCUT2D eigenvalue weighted by Gasteiger charge is 2.40. The summed E-state index contributed by atoms with van der Waals surface area (Å²) >= 11 is 0. The van der Waals surface area contributed by atoms with Gasteiger partial charge in [-0.2, -0.15) is 39.5 Å². The standard InChI is InChI=1S/C28H42N4O5.3C2HF3O2/c1-2-3-9-24(27(35)32-16-14-21(15-17-32)28(36)37)31-26(34)23(13-12-19-10-11-19)30-25(33)22(29)18-20-7-5-4-6-8-20;3*3-2(4,5)1(6)7/h4-8,19,21-24H,2-3,9-18,29H2,1H3,(H,30,33)(H,31,34)(H,36,37);3*(H,6,7)/t22-,23-,24?;;;/m1.../s1. The van der Waals surface area contributed by atoms with E-state index in [-0.39, 0.29) is 17.7 Å². The van der Waals surface area contributed by atoms with Crippen LogP contribution in [0.2, 0.25) is 0 Å². The lowest BCUT2D eigenvalue weighted by atomic mass is 9.96. The zero-order valence-corrected chi connectivity index (χ0v) is 30.8. The number of benzene rings is 1. The maximum absolute atomic E-state index is 13.4. The van der Waals surface area contributed by atoms with E-state index in [1.807, 2.05) is 37.3 Å². The zero-order chi connectivity index (χ0) is 45.0. The van der Waals surface area contributed by atoms with Crippen molar-refractivity contribution in [1.29, 1.82) is 0 Å². The van der Waals surface area contributed by atoms with E-state index < -0.39 is 66.4 Å². The van der Waals surface area contributed by atoms with Crippen molar-refractivity contribution in [2.75, 3.05) is 13.1 Å². The number of unbranched alkanes of at least 4 members (excludes halogenated alkanes) is 1. The Bertz CT molecular complexity index is 1440. The van der Waals surface area contributed by atoms with E-state index in [1.165, 1.54) is 0 Å². The van der Waals surface area contributed by atoms with Gasteiger partial charge in [0.2, 0.25) is 17.7 Å². The van der Waals surface area contributed by atoms with Crippen LogP contribution in [0.25, 0.3) is 0 Å². The highest BCUT2D eigenvalue weighted by atomic mass is 19.4. The van der Waals surface area contributed by atoms with Crippen molar-refractivity contribution in [1.82, 2.24) is 15.5 Å². The lowest BCUT2D eigenvalue weighted by molar-refractivity contribution is -0.193. The van der Waals surface area contributed by atoms with Gasteiger partial charge in [0, 0.05) is 13.1 Å². The molecule has 8 N–H and O–H groups in total. The van der Waals surface area contributed by atoms with E-state index in [0.29, 0.717) is 51.1 Å². The molecule has 3 rings (SSSR count). The number of carbonyl (C=O) groups is 7. The second-order valence-electron chi connectivity index (χ2n) is 12.9. The number of amides is 3. The van der Waals surface area contributed by atoms with Crippen LogP contribution in [0, 0.1) is 11.8 Å². The molecule has 330 valence electrons. The van der Waals surface area contributed by atoms with Gasteiger partial charge in [0.05, 0.1) is 12.0 Å². The Labute approximate surface area is 325 Å². The molecular weight excluding hydrogens is 811 g/mol. The van der Waals surface area contributed by atoms with E-state index in [1.54, 1.807) is 4.90 Å². The van der Waals surface area contributed by atoms with Crippen LogP contribution in [0.15, 0.2) is 30.3 Å². The van der Waals surface area contributed by atoms with Crippen LogP contribution in [-0.2, 0) is 40.0 Å². The largest absolute Gasteiger partial charge is 0.490 e. The van der Waals surface area contributed by atoms with Gasteiger partial charge in [-0.15, -0.1) is 0 Å². The first-order valence-corrected chi connectivity index (χ1v) is 17.4. The van der Waals surface area contributed by atoms with E-state index in [2.05, 4.69) is 10.6 Å². The van der Waals surface area contributed by atoms with E-state index in [4.69, 9.17) is 35.4 Å². The average molecular weight is 857 g/mol. The van der Waals surface area contributed by atoms with Crippen molar-refractivity contribution in [3.63, 3.8) is 0 Å². The first-order chi connectivity index (χ1) is 26.6. The van der Waals surface area contributed by atoms with Gasteiger partial charge >= 0.3 is 42.4 Å². The number of nitrogens with two attached hydrogens (primary N) is 1. The molecule has 1 aromatic rings. The molecule has 1 unspecified atom stereocenters. The second-order valence-corrected chi connectivity index (χ2v) is 12.9. The quantitative estimate of drug-likeness (QED) is 0.131. The van der Waals surface area contributed by atoms with Crippen LogP contribution in [0.1, 0.15) is 70.3 Å². The van der Waals surface area contributed by atoms with Gasteiger partial charge in [-0.3, -0.25) is 19.2 Å². The number of hydrogen-bond acceptors (Lipinski definition) is 8. The fourth-order valence-electron chi connectivity index (χ4n) is 4.82. The zero-order valence-electron chi connectivity index (χ0n) is 30.8. The molecule has 1 aliphatic carbocycles. The number of carboxylic acid groups (broad SMARTS) is 4. The molecule has 1 saturated carbocycles. The fourth-order valence-corrected chi connectivity index (χ4v) is 4.82. The summed E-state index contributed by atoms with van der Waals surface area (Å²) in [5.74, 6) is -9.88. The summed E-state index contributed by atoms with van der Waals surface area (Å²) in [5.41, 5.74) is 7.11. The van der Waals surface area contributed by atoms with Crippen molar-refractivity contribution in [2.24, 2.45) is 17.6 Å². The molecule has 1 aromatic carbocycles. The minimum atomic E-state index is -5.08. The summed E-state index contributed by atoms with van der Waals surface area (Å²) in [6.07, 6.45) is -8.31. The normalized spacial score (nSPS) is 15.9. The SMILES string of the molecule is CCCCC(NC(=O)[C@@H](CCC1CC1)NC(=O)[C@H](N)Cc1ccccc1)C(=O)N1CCC(C(=O)O)CC1.O=C(O)C(F)(F)F.O=C(O)C(F)(F)F.O=C(O)C(F)(F)F. The predicted molar refractivity (Wildman–Crippen MR) is 181 cm³/mol. The molecule has 3 amide bonds. The molecule has 2 fully saturated rings. The molecule has 0 radical (unpaired) electrons. The summed E-state index contributed by atoms with van der Waals surface area (Å²) in [6, 6.07) is 7.26. The molecule has 0 spiro atoms. The van der Waals surface area contributed by atoms with Gasteiger partial charge in [-0.25, -0.2) is 14.4 Å². The molecule has 1 heterocycles. The van der Waals surface area contributed by atoms with Gasteiger partial charge in [0.25, 0.3) is 0 Å². The fraction of sp³-hybridized carbons (Fsp3) is 0.618. The predicted octanol–water partition coefficient (Wildman–Crippen LogP) is 4.13. The van der Waals surface area contributed by atoms with Gasteiger partial charge in [0.1, 0.15) is 12.1 Å². The summed E-state index contributed by atoms with van der Waals surface area (Å²) in [6.45, 7) is 2.75. The molecule has 24 heteroatoms. The molecule has 2 aliphatic rings. The third-order valence-corrected chi connectivity index (χ3v) is 8.17. The minimum Gasteiger partial charge on any atom is -0.481 e. The highest BCUT2D eigenvalue weighted by Crippen LogP contribution is 2.34. The summed E-state index contributed by atoms with van der Waals surface area (Å²) in [5, 5.41) is 36.4. The number of nitrogens with one attached hydrogen (secondary N) is 2. The van der Waals surface area contributed by atoms with E-state index in [9.17, 15) is 63.8 Å². The number of likely N-dealkylation sites (tertiary alicyclic amines) is 1. The molecule has 1 aliphatic heterocycles. The maximum Gasteiger partial charge on any atom is 0.490 e. The number of alkyl halides is 9. The second kappa shape index (κ2) is 24.6. The molecule has 0 aromatic heterocycles. The van der Waals surface area contributed by atoms with Gasteiger partial charge in [-0.1, -0.05) is 62.9 Å². The Morgan fingerprint density at radius 3 is 1.52 bits per heavy atom. The number of rotatable bonds is 14. The van der Waals surface area contributed by atoms with Crippen molar-refractivity contribution >= 4 is 41.6 Å². The number of aliphatic carboxylic acids is 4. The molecule has 0 bridgehead atoms. The number of nitrogens with zero attached hydrogens (tertiary/aromatic N) is 1. The van der Waals surface area contributed by atoms with Crippen LogP contribution in [0.5, 0.6) is 0 Å². The van der Waals surface area contributed by atoms with Crippen LogP contribution in [0.3, 0.4) is 0 Å². The highest BCUT2D eigenvalue weighted by molar-refractivity contribution is 5.93. The Hall–Kier alpha value is -5.16. The van der Waals surface area contributed by atoms with E-state index >= 15 is 0 Å². The Balaban J connectivity index is 0.00000126. The van der Waals surface area contributed by atoms with Crippen LogP contribution in [-0.4, -0.2) is 117 Å². The molecule has 15 nitrogen and oxygen atoms in total. The Morgan fingerprint density at radius 1 is 0.707 bits per heavy atom. The van der Waals surface area contributed by atoms with Crippen molar-refractivity contribution in [2.45, 2.75) is 108 Å². The molecular formula is C34H45F9N4O11. The van der Waals surface area contributed by atoms with Crippen LogP contribution >= 0.6 is 0 Å². The lowest BCUT2D eigenvalue weighted by Gasteiger charge is -2.33. The third kappa shape index (κ3) is 22.5. The first-order valence-electron chi connectivity index (χ1n) is 17.4. The van der Waals surface area contributed by atoms with Gasteiger partial charge < -0.3 is 41.7 Å². The first kappa shape index (κ1) is 52.8. The monoisotopic (exact) mass is 856 g/mol. The third-order valence-electron chi connectivity index (χ3n) is 8.17. The minimum absolute atomic E-state index is 0.182. The molecule has 3 atom stereocenters. The van der Waals surface area contributed by atoms with Gasteiger partial charge in [-0.05, 0) is 50.0 Å². The maximum atomic E-state index is 13.4. The number of carbonyl (C=O) groups excluding carboxylic acids is 3. The molecule has 58 heavy (non-hydrogen) atoms. The van der Waals surface area contributed by atoms with Crippen molar-refractivity contribution in [3.8, 4) is 0 Å². The Kier molecular flexibility index (Phi) is 22.4. The van der Waals surface area contributed by atoms with Crippen molar-refractivity contribution in [3.05, 3.63) is 35.9 Å². The summed E-state index contributed by atoms with van der Waals surface area (Å²) in [7, 11) is 0. The van der Waals surface area contributed by atoms with Crippen LogP contribution in [0.4, 0.5) is 39.5 Å². The number of carboxylic acids is 4. The number of piperidine rings is 1. The lowest BCUT2D eigenvalue weighted by Crippen LogP contribution is -2.57. The summed E-state index contributed by atoms with van der Waals surface area (Å²) in [4.78, 5) is 79.2. The number of hydrogen-bond donors (Lipinski definition) is 7. The Morgan fingerprint density at radius 2 is 1.14 bits per heavy atom. The van der Waals surface area contributed by atoms with Gasteiger partial charge in [0.15, 0.2) is 0 Å². The summed E-state index contributed by atoms with van der Waals surface area (Å²) < 4.78 is 95.2.